The fourth-order valence-corrected chi connectivity index (χ4v) is 0. The molecule has 0 aliphatic heterocycles. The minimum Gasteiger partial charge on any atom is -0.0776 e. The van der Waals surface area contributed by atoms with Crippen molar-refractivity contribution in [1.29, 1.82) is 0 Å². The number of rotatable bonds is 0. The fraction of sp³-hybridized carbons (Fsp3) is 1.00. The summed E-state index contributed by atoms with van der Waals surface area (Å²) in [5, 5.41) is 0. The van der Waals surface area contributed by atoms with Gasteiger partial charge >= 0.3 is 0 Å². The number of hydrogen-bond donors (Lipinski definition) is 0. The molecule has 0 amide bonds. The van der Waals surface area contributed by atoms with Crippen molar-refractivity contribution in [2.75, 3.05) is 0 Å². The molecule has 0 fully saturated rings. The third-order valence-corrected chi connectivity index (χ3v) is 0. The first-order valence-electron chi connectivity index (χ1n) is 0. The Labute approximate surface area is 62.3 Å². The van der Waals surface area contributed by atoms with Gasteiger partial charge in [-0.15, -0.1) is 0 Å². The van der Waals surface area contributed by atoms with Gasteiger partial charge in [0, 0.05) is 55.2 Å². The van der Waals surface area contributed by atoms with Gasteiger partial charge in [0.2, 0.25) is 0 Å². The van der Waals surface area contributed by atoms with Crippen LogP contribution in [-0.4, -0.2) is 0 Å². The van der Waals surface area contributed by atoms with Crippen LogP contribution in [0.4, 0.5) is 0 Å². The summed E-state index contributed by atoms with van der Waals surface area (Å²) in [4.78, 5) is 0. The van der Waals surface area contributed by atoms with Gasteiger partial charge in [-0.05, 0) is 0 Å². The Hall–Kier alpha value is 1.73. The summed E-state index contributed by atoms with van der Waals surface area (Å²) in [5.74, 6) is 0. The predicted molar refractivity (Wildman–Crippen MR) is 6.73 cm³/mol. The standard InChI is InChI=1S/CH4.Cu.Fe.Mo/h1H4;;;. The smallest absolute Gasteiger partial charge is 0 e. The van der Waals surface area contributed by atoms with E-state index >= 15 is 0 Å². The van der Waals surface area contributed by atoms with Crippen molar-refractivity contribution in [3.05, 3.63) is 0 Å². The Kier molecular flexibility index (Phi) is 236. The first kappa shape index (κ1) is 42.9. The van der Waals surface area contributed by atoms with Gasteiger partial charge in [0.15, 0.2) is 0 Å². The quantitative estimate of drug-likeness (QED) is 0.537. The van der Waals surface area contributed by atoms with E-state index in [-0.39, 0.29) is 62.6 Å². The molecular weight excluding hydrogens is 227 g/mol. The first-order chi connectivity index (χ1) is 0. The summed E-state index contributed by atoms with van der Waals surface area (Å²) < 4.78 is 0. The minimum atomic E-state index is 0. The molecule has 0 N–H and O–H groups in total. The van der Waals surface area contributed by atoms with Gasteiger partial charge in [0.05, 0.1) is 0 Å². The van der Waals surface area contributed by atoms with Crippen molar-refractivity contribution in [3.63, 3.8) is 0 Å². The molecule has 0 aliphatic carbocycles. The average Bonchev–Trinajstić information content (AvgIpc) is 0. The second-order valence-electron chi connectivity index (χ2n) is 0. The molecule has 0 aromatic carbocycles. The summed E-state index contributed by atoms with van der Waals surface area (Å²) in [5.41, 5.74) is 0. The Morgan fingerprint density at radius 2 is 1.00 bits per heavy atom. The maximum atomic E-state index is 0. The van der Waals surface area contributed by atoms with Gasteiger partial charge in [-0.1, -0.05) is 7.43 Å². The topological polar surface area (TPSA) is 0 Å². The predicted octanol–water partition coefficient (Wildman–Crippen LogP) is 0.629. The van der Waals surface area contributed by atoms with Crippen LogP contribution in [0, 0.1) is 0 Å². The molecular formula is CH4CuFeMo. The van der Waals surface area contributed by atoms with E-state index in [0.717, 1.165) is 0 Å². The second-order valence-corrected chi connectivity index (χ2v) is 0. The van der Waals surface area contributed by atoms with E-state index < -0.39 is 0 Å². The van der Waals surface area contributed by atoms with Crippen molar-refractivity contribution in [2.45, 2.75) is 7.43 Å². The monoisotopic (exact) mass is 233 g/mol. The van der Waals surface area contributed by atoms with Crippen LogP contribution in [0.5, 0.6) is 0 Å². The normalized spacial score (nSPS) is 0. The molecule has 0 aromatic heterocycles. The fourth-order valence-electron chi connectivity index (χ4n) is 0. The summed E-state index contributed by atoms with van der Waals surface area (Å²) in [6.07, 6.45) is 0. The maximum absolute atomic E-state index is 0. The van der Waals surface area contributed by atoms with Gasteiger partial charge in [0.25, 0.3) is 0 Å². The summed E-state index contributed by atoms with van der Waals surface area (Å²) in [6, 6.07) is 0. The van der Waals surface area contributed by atoms with Crippen LogP contribution in [0.3, 0.4) is 0 Å². The van der Waals surface area contributed by atoms with Crippen molar-refractivity contribution in [2.24, 2.45) is 0 Å². The Morgan fingerprint density at radius 3 is 1.00 bits per heavy atom. The average molecular weight is 231 g/mol. The zero-order valence-electron chi connectivity index (χ0n) is 1.06. The maximum Gasteiger partial charge on any atom is 0 e. The van der Waals surface area contributed by atoms with Crippen LogP contribution < -0.4 is 0 Å². The molecule has 0 spiro atoms. The molecule has 1 radical (unpaired) electrons. The third-order valence-electron chi connectivity index (χ3n) is 0. The molecule has 0 saturated carbocycles. The molecule has 0 heterocycles. The van der Waals surface area contributed by atoms with Crippen LogP contribution in [0.2, 0.25) is 0 Å². The minimum absolute atomic E-state index is 0. The van der Waals surface area contributed by atoms with Crippen molar-refractivity contribution in [3.8, 4) is 0 Å². The van der Waals surface area contributed by atoms with Gasteiger partial charge in [-0.3, -0.25) is 0 Å². The van der Waals surface area contributed by atoms with Crippen LogP contribution in [-0.2, 0) is 55.2 Å². The van der Waals surface area contributed by atoms with E-state index in [0.29, 0.717) is 0 Å². The van der Waals surface area contributed by atoms with E-state index in [4.69, 9.17) is 0 Å². The van der Waals surface area contributed by atoms with Gasteiger partial charge in [-0.2, -0.15) is 0 Å². The van der Waals surface area contributed by atoms with Crippen molar-refractivity contribution < 1.29 is 55.2 Å². The molecule has 33 valence electrons. The zero-order chi connectivity index (χ0) is 0. The molecule has 0 saturated heterocycles. The van der Waals surface area contributed by atoms with Crippen molar-refractivity contribution >= 4 is 0 Å². The molecule has 0 atom stereocenters. The van der Waals surface area contributed by atoms with Crippen molar-refractivity contribution in [1.82, 2.24) is 0 Å². The largest absolute Gasteiger partial charge is 0.0776 e. The number of hydrogen-bond acceptors (Lipinski definition) is 0. The molecule has 0 aliphatic rings. The first-order valence-corrected chi connectivity index (χ1v) is 0. The van der Waals surface area contributed by atoms with E-state index in [1.54, 1.807) is 0 Å². The Balaban J connectivity index is 0. The molecule has 0 unspecified atom stereocenters. The van der Waals surface area contributed by atoms with E-state index in [9.17, 15) is 0 Å². The van der Waals surface area contributed by atoms with E-state index in [1.165, 1.54) is 0 Å². The Morgan fingerprint density at radius 1 is 1.00 bits per heavy atom. The SMILES string of the molecule is C.[Cu].[Fe].[Mo]. The zero-order valence-corrected chi connectivity index (χ0v) is 5.12. The summed E-state index contributed by atoms with van der Waals surface area (Å²) >= 11 is 0. The van der Waals surface area contributed by atoms with Gasteiger partial charge in [0.1, 0.15) is 0 Å². The summed E-state index contributed by atoms with van der Waals surface area (Å²) in [6.45, 7) is 0. The molecule has 0 nitrogen and oxygen atoms in total. The molecule has 4 heavy (non-hydrogen) atoms. The van der Waals surface area contributed by atoms with Crippen LogP contribution >= 0.6 is 0 Å². The van der Waals surface area contributed by atoms with E-state index in [2.05, 4.69) is 0 Å². The Bertz CT molecular complexity index is 8.00. The molecule has 0 aromatic rings. The van der Waals surface area contributed by atoms with Crippen LogP contribution in [0.15, 0.2) is 0 Å². The van der Waals surface area contributed by atoms with Crippen LogP contribution in [0.25, 0.3) is 0 Å². The van der Waals surface area contributed by atoms with E-state index in [1.807, 2.05) is 0 Å². The second kappa shape index (κ2) is 22.0. The molecule has 0 rings (SSSR count). The van der Waals surface area contributed by atoms with Gasteiger partial charge < -0.3 is 0 Å². The van der Waals surface area contributed by atoms with Gasteiger partial charge in [-0.25, -0.2) is 0 Å². The van der Waals surface area contributed by atoms with Crippen LogP contribution in [0.1, 0.15) is 7.43 Å². The molecule has 0 bridgehead atoms. The third kappa shape index (κ3) is 9.29. The summed E-state index contributed by atoms with van der Waals surface area (Å²) in [7, 11) is 0. The molecule has 3 heteroatoms.